The zero-order valence-electron chi connectivity index (χ0n) is 13.6. The molecule has 2 heterocycles. The number of nitrogens with zero attached hydrogens (tertiary/aromatic N) is 3. The molecular weight excluding hydrogens is 344 g/mol. The van der Waals surface area contributed by atoms with Gasteiger partial charge in [-0.2, -0.15) is 9.49 Å². The normalized spacial score (nSPS) is 12.1. The molecule has 6 nitrogen and oxygen atoms in total. The second kappa shape index (κ2) is 7.57. The van der Waals surface area contributed by atoms with Gasteiger partial charge in [0.1, 0.15) is 12.3 Å². The number of hydrogen-bond donors (Lipinski definition) is 0. The Morgan fingerprint density at radius 1 is 1.28 bits per heavy atom. The molecule has 3 aromatic rings. The fraction of sp³-hybridized carbons (Fsp3) is 0.235. The highest BCUT2D eigenvalue weighted by molar-refractivity contribution is 7.16. The zero-order chi connectivity index (χ0) is 17.8. The third-order valence-electron chi connectivity index (χ3n) is 3.54. The van der Waals surface area contributed by atoms with Crippen LogP contribution in [0.2, 0.25) is 0 Å². The van der Waals surface area contributed by atoms with E-state index in [1.807, 2.05) is 22.2 Å². The van der Waals surface area contributed by atoms with Gasteiger partial charge in [0, 0.05) is 17.7 Å². The van der Waals surface area contributed by atoms with Gasteiger partial charge in [0.15, 0.2) is 5.76 Å². The highest BCUT2D eigenvalue weighted by Crippen LogP contribution is 2.22. The number of aryl methyl sites for hydroxylation is 1. The van der Waals surface area contributed by atoms with E-state index in [2.05, 4.69) is 10.3 Å². The molecule has 0 fully saturated rings. The average Bonchev–Trinajstić information content (AvgIpc) is 3.05. The van der Waals surface area contributed by atoms with Gasteiger partial charge in [0.05, 0.1) is 11.4 Å². The number of hydrogen-bond acceptors (Lipinski definition) is 5. The van der Waals surface area contributed by atoms with E-state index < -0.39 is 6.10 Å². The Balaban J connectivity index is 1.84. The Hall–Kier alpha value is -2.53. The van der Waals surface area contributed by atoms with Crippen molar-refractivity contribution in [2.24, 2.45) is 0 Å². The van der Waals surface area contributed by atoms with E-state index in [9.17, 15) is 9.18 Å². The Morgan fingerprint density at radius 3 is 2.68 bits per heavy atom. The second-order valence-electron chi connectivity index (χ2n) is 5.35. The van der Waals surface area contributed by atoms with Crippen molar-refractivity contribution in [3.63, 3.8) is 0 Å². The molecule has 0 aliphatic heterocycles. The molecule has 0 spiro atoms. The minimum absolute atomic E-state index is 0.206. The second-order valence-corrected chi connectivity index (χ2v) is 5.87. The number of aromatic nitrogens is 3. The van der Waals surface area contributed by atoms with Gasteiger partial charge in [-0.15, -0.1) is 0 Å². The molecule has 0 amide bonds. The van der Waals surface area contributed by atoms with Gasteiger partial charge in [-0.3, -0.25) is 4.79 Å². The quantitative estimate of drug-likeness (QED) is 0.631. The Bertz CT molecular complexity index is 906. The Morgan fingerprint density at radius 2 is 2.04 bits per heavy atom. The molecule has 0 bridgehead atoms. The van der Waals surface area contributed by atoms with E-state index in [0.717, 1.165) is 17.7 Å². The number of alkyl halides is 1. The third-order valence-corrected chi connectivity index (χ3v) is 3.68. The van der Waals surface area contributed by atoms with Crippen molar-refractivity contribution in [2.45, 2.75) is 26.0 Å². The molecule has 2 aromatic heterocycles. The van der Waals surface area contributed by atoms with Crippen LogP contribution < -0.4 is 10.3 Å². The zero-order valence-corrected chi connectivity index (χ0v) is 14.7. The summed E-state index contributed by atoms with van der Waals surface area (Å²) in [7, 11) is 1.92. The van der Waals surface area contributed by atoms with Crippen LogP contribution in [0.25, 0.3) is 11.3 Å². The van der Waals surface area contributed by atoms with Crippen molar-refractivity contribution in [1.29, 1.82) is 0 Å². The number of benzene rings is 1. The fourth-order valence-electron chi connectivity index (χ4n) is 2.29. The van der Waals surface area contributed by atoms with Crippen LogP contribution in [0.4, 0.5) is 4.39 Å². The van der Waals surface area contributed by atoms with Crippen molar-refractivity contribution in [1.82, 2.24) is 14.9 Å². The van der Waals surface area contributed by atoms with Crippen LogP contribution in [-0.4, -0.2) is 21.0 Å². The summed E-state index contributed by atoms with van der Waals surface area (Å²) < 4.78 is 24.3. The van der Waals surface area contributed by atoms with Crippen LogP contribution in [0.1, 0.15) is 18.4 Å². The van der Waals surface area contributed by atoms with Gasteiger partial charge < -0.3 is 9.26 Å². The van der Waals surface area contributed by atoms with Crippen LogP contribution in [0.15, 0.2) is 51.8 Å². The van der Waals surface area contributed by atoms with Gasteiger partial charge in [0.2, 0.25) is 6.10 Å². The lowest BCUT2D eigenvalue weighted by atomic mass is 10.1. The van der Waals surface area contributed by atoms with Crippen molar-refractivity contribution < 1.29 is 13.7 Å². The molecule has 0 N–H and O–H groups in total. The molecule has 3 rings (SSSR count). The van der Waals surface area contributed by atoms with Gasteiger partial charge >= 0.3 is 0 Å². The molecule has 0 saturated heterocycles. The van der Waals surface area contributed by atoms with Crippen molar-refractivity contribution in [3.8, 4) is 17.0 Å². The van der Waals surface area contributed by atoms with Gasteiger partial charge in [0.25, 0.3) is 5.56 Å². The SMILES string of the molecule is CCc1cc(Cn2nc(-c3ccc(OC(F)P)cc3)ccc2=O)on1. The summed E-state index contributed by atoms with van der Waals surface area (Å²) in [5, 5.41) is 8.27. The van der Waals surface area contributed by atoms with Crippen LogP contribution in [0.5, 0.6) is 5.75 Å². The van der Waals surface area contributed by atoms with Crippen molar-refractivity contribution in [2.75, 3.05) is 0 Å². The first-order valence-electron chi connectivity index (χ1n) is 7.74. The van der Waals surface area contributed by atoms with E-state index in [1.165, 1.54) is 10.7 Å². The molecule has 0 radical (unpaired) electrons. The topological polar surface area (TPSA) is 70.2 Å². The fourth-order valence-corrected chi connectivity index (χ4v) is 2.45. The maximum absolute atomic E-state index is 12.8. The summed E-state index contributed by atoms with van der Waals surface area (Å²) in [5.74, 6) is 0.982. The van der Waals surface area contributed by atoms with E-state index in [-0.39, 0.29) is 12.1 Å². The smallest absolute Gasteiger partial charge is 0.267 e. The van der Waals surface area contributed by atoms with Crippen LogP contribution in [-0.2, 0) is 13.0 Å². The molecule has 8 heteroatoms. The minimum Gasteiger partial charge on any atom is -0.457 e. The van der Waals surface area contributed by atoms with Gasteiger partial charge in [-0.05, 0) is 36.8 Å². The van der Waals surface area contributed by atoms with Crippen molar-refractivity contribution in [3.05, 3.63) is 64.3 Å². The summed E-state index contributed by atoms with van der Waals surface area (Å²) in [6.45, 7) is 2.18. The van der Waals surface area contributed by atoms with Gasteiger partial charge in [-0.1, -0.05) is 21.3 Å². The largest absolute Gasteiger partial charge is 0.457 e. The number of rotatable bonds is 6. The predicted octanol–water partition coefficient (Wildman–Crippen LogP) is 3.02. The minimum atomic E-state index is -1.46. The summed E-state index contributed by atoms with van der Waals surface area (Å²) in [4.78, 5) is 12.0. The first-order chi connectivity index (χ1) is 12.0. The van der Waals surface area contributed by atoms with E-state index >= 15 is 0 Å². The van der Waals surface area contributed by atoms with Crippen LogP contribution in [0.3, 0.4) is 0 Å². The number of ether oxygens (including phenoxy) is 1. The summed E-state index contributed by atoms with van der Waals surface area (Å²) >= 11 is 0. The van der Waals surface area contributed by atoms with Crippen LogP contribution in [0, 0.1) is 0 Å². The van der Waals surface area contributed by atoms with E-state index in [0.29, 0.717) is 17.2 Å². The van der Waals surface area contributed by atoms with E-state index in [4.69, 9.17) is 9.26 Å². The standard InChI is InChI=1S/C17H17FN3O3P/c1-2-12-9-14(24-20-12)10-21-16(22)8-7-15(19-21)11-3-5-13(6-4-11)23-17(18)25/h3-9,17H,2,10,25H2,1H3. The molecule has 1 aromatic carbocycles. The van der Waals surface area contributed by atoms with Gasteiger partial charge in [-0.25, -0.2) is 4.68 Å². The molecular formula is C17H17FN3O3P. The molecule has 0 saturated carbocycles. The Kier molecular flexibility index (Phi) is 5.24. The first-order valence-corrected chi connectivity index (χ1v) is 8.41. The Labute approximate surface area is 145 Å². The predicted molar refractivity (Wildman–Crippen MR) is 94.2 cm³/mol. The third kappa shape index (κ3) is 4.31. The number of halogens is 1. The maximum Gasteiger partial charge on any atom is 0.267 e. The highest BCUT2D eigenvalue weighted by atomic mass is 31.0. The summed E-state index contributed by atoms with van der Waals surface area (Å²) in [6, 6.07) is 11.7. The lowest BCUT2D eigenvalue weighted by Gasteiger charge is -2.08. The molecule has 0 aliphatic rings. The molecule has 2 unspecified atom stereocenters. The summed E-state index contributed by atoms with van der Waals surface area (Å²) in [6.07, 6.45) is -0.697. The lowest BCUT2D eigenvalue weighted by Crippen LogP contribution is -2.22. The van der Waals surface area contributed by atoms with Crippen LogP contribution >= 0.6 is 9.24 Å². The maximum atomic E-state index is 12.8. The monoisotopic (exact) mass is 361 g/mol. The summed E-state index contributed by atoms with van der Waals surface area (Å²) in [5.41, 5.74) is 1.99. The first kappa shape index (κ1) is 17.3. The lowest BCUT2D eigenvalue weighted by molar-refractivity contribution is 0.153. The van der Waals surface area contributed by atoms with Crippen molar-refractivity contribution >= 4 is 9.24 Å². The highest BCUT2D eigenvalue weighted by Gasteiger charge is 2.09. The molecule has 0 aliphatic carbocycles. The molecule has 2 atom stereocenters. The molecule has 25 heavy (non-hydrogen) atoms. The average molecular weight is 361 g/mol. The van der Waals surface area contributed by atoms with E-state index in [1.54, 1.807) is 30.3 Å². The molecule has 130 valence electrons.